The van der Waals surface area contributed by atoms with Crippen LogP contribution in [0.4, 0.5) is 0 Å². The highest BCUT2D eigenvalue weighted by atomic mass is 15.3. The van der Waals surface area contributed by atoms with Crippen molar-refractivity contribution in [3.63, 3.8) is 0 Å². The first-order valence-electron chi connectivity index (χ1n) is 2.67. The van der Waals surface area contributed by atoms with Crippen LogP contribution in [0, 0.1) is 0 Å². The van der Waals surface area contributed by atoms with Crippen LogP contribution in [-0.4, -0.2) is 12.3 Å². The molecule has 2 nitrogen and oxygen atoms in total. The molecule has 0 radical (unpaired) electrons. The summed E-state index contributed by atoms with van der Waals surface area (Å²) in [6.45, 7) is 7.52. The van der Waals surface area contributed by atoms with Crippen LogP contribution in [0.15, 0.2) is 17.8 Å². The highest BCUT2D eigenvalue weighted by molar-refractivity contribution is 5.69. The molecule has 0 fully saturated rings. The molecule has 8 heavy (non-hydrogen) atoms. The van der Waals surface area contributed by atoms with Gasteiger partial charge in [0.1, 0.15) is 0 Å². The lowest BCUT2D eigenvalue weighted by Crippen LogP contribution is -2.15. The van der Waals surface area contributed by atoms with E-state index in [1.54, 1.807) is 12.3 Å². The topological polar surface area (TPSA) is 24.4 Å². The van der Waals surface area contributed by atoms with Crippen molar-refractivity contribution in [2.75, 3.05) is 0 Å². The Kier molecular flexibility index (Phi) is 3.94. The molecule has 0 atom stereocenters. The Hall–Kier alpha value is -0.790. The molecule has 0 aliphatic carbocycles. The molecule has 2 heteroatoms. The lowest BCUT2D eigenvalue weighted by Gasteiger charge is -1.99. The Bertz CT molecular complexity index is 89.1. The largest absolute Gasteiger partial charge is 0.308 e. The second-order valence-corrected chi connectivity index (χ2v) is 1.80. The number of hydrogen-bond donors (Lipinski definition) is 1. The average Bonchev–Trinajstić information content (AvgIpc) is 1.66. The normalized spacial score (nSPS) is 10.4. The fourth-order valence-electron chi connectivity index (χ4n) is 0.245. The van der Waals surface area contributed by atoms with Gasteiger partial charge in [0, 0.05) is 13.7 Å². The zero-order chi connectivity index (χ0) is 6.41. The van der Waals surface area contributed by atoms with Crippen molar-refractivity contribution in [1.82, 2.24) is 5.43 Å². The lowest BCUT2D eigenvalue weighted by atomic mass is 10.4. The summed E-state index contributed by atoms with van der Waals surface area (Å²) in [5.41, 5.74) is 2.84. The zero-order valence-corrected chi connectivity index (χ0v) is 5.39. The van der Waals surface area contributed by atoms with Crippen molar-refractivity contribution in [2.45, 2.75) is 19.9 Å². The van der Waals surface area contributed by atoms with Gasteiger partial charge in [-0.2, -0.15) is 5.10 Å². The summed E-state index contributed by atoms with van der Waals surface area (Å²) in [4.78, 5) is 0. The van der Waals surface area contributed by atoms with E-state index in [2.05, 4.69) is 17.1 Å². The predicted octanol–water partition coefficient (Wildman–Crippen LogP) is 1.40. The summed E-state index contributed by atoms with van der Waals surface area (Å²) < 4.78 is 0. The van der Waals surface area contributed by atoms with E-state index in [4.69, 9.17) is 0 Å². The molecule has 0 aromatic heterocycles. The second-order valence-electron chi connectivity index (χ2n) is 1.80. The van der Waals surface area contributed by atoms with Gasteiger partial charge < -0.3 is 5.43 Å². The third-order valence-electron chi connectivity index (χ3n) is 0.513. The highest BCUT2D eigenvalue weighted by Crippen LogP contribution is 1.72. The van der Waals surface area contributed by atoms with Crippen LogP contribution >= 0.6 is 0 Å². The number of rotatable bonds is 3. The summed E-state index contributed by atoms with van der Waals surface area (Å²) in [7, 11) is 0. The van der Waals surface area contributed by atoms with Gasteiger partial charge in [-0.1, -0.05) is 6.58 Å². The predicted molar refractivity (Wildman–Crippen MR) is 39.1 cm³/mol. The average molecular weight is 114 g/mol. The minimum Gasteiger partial charge on any atom is -0.308 e. The summed E-state index contributed by atoms with van der Waals surface area (Å²) in [6.07, 6.45) is 3.26. The molecule has 0 spiro atoms. The Morgan fingerprint density at radius 1 is 1.75 bits per heavy atom. The third-order valence-corrected chi connectivity index (χ3v) is 0.513. The number of nitrogens with zero attached hydrogens (tertiary/aromatic N) is 1. The van der Waals surface area contributed by atoms with Crippen LogP contribution in [-0.2, 0) is 0 Å². The molecule has 0 bridgehead atoms. The molecule has 0 amide bonds. The van der Waals surface area contributed by atoms with Gasteiger partial charge in [-0.25, -0.2) is 0 Å². The fourth-order valence-corrected chi connectivity index (χ4v) is 0.245. The maximum atomic E-state index is 3.80. The van der Waals surface area contributed by atoms with Crippen molar-refractivity contribution >= 4 is 6.21 Å². The smallest absolute Gasteiger partial charge is 0.0462 e. The molecule has 0 aromatic rings. The fraction of sp³-hybridized carbons (Fsp3) is 0.500. The lowest BCUT2D eigenvalue weighted by molar-refractivity contribution is 0.623. The maximum Gasteiger partial charge on any atom is 0.0462 e. The van der Waals surface area contributed by atoms with Gasteiger partial charge in [-0.15, -0.1) is 0 Å². The molecular weight excluding hydrogens is 100 g/mol. The standard InChI is InChI=1S/C6H12N2.H2/c1-4-5-7-8-6(2)3;/h4-6,8H,1H2,2-3H3;1H/b7-5-;. The third kappa shape index (κ3) is 5.21. The minimum atomic E-state index is 0. The van der Waals surface area contributed by atoms with Crippen LogP contribution in [0.1, 0.15) is 15.3 Å². The first-order valence-corrected chi connectivity index (χ1v) is 2.67. The minimum absolute atomic E-state index is 0. The van der Waals surface area contributed by atoms with Crippen LogP contribution in [0.5, 0.6) is 0 Å². The molecule has 1 N–H and O–H groups in total. The molecule has 0 rings (SSSR count). The molecule has 48 valence electrons. The quantitative estimate of drug-likeness (QED) is 0.435. The number of hydrogen-bond acceptors (Lipinski definition) is 2. The van der Waals surface area contributed by atoms with Gasteiger partial charge in [-0.05, 0) is 19.9 Å². The van der Waals surface area contributed by atoms with Gasteiger partial charge >= 0.3 is 0 Å². The molecule has 0 unspecified atom stereocenters. The van der Waals surface area contributed by atoms with E-state index in [0.29, 0.717) is 6.04 Å². The summed E-state index contributed by atoms with van der Waals surface area (Å²) in [6, 6.07) is 0.409. The zero-order valence-electron chi connectivity index (χ0n) is 5.39. The number of nitrogens with one attached hydrogen (secondary N) is 1. The van der Waals surface area contributed by atoms with Gasteiger partial charge in [0.15, 0.2) is 0 Å². The van der Waals surface area contributed by atoms with E-state index in [1.807, 2.05) is 13.8 Å². The Morgan fingerprint density at radius 3 is 2.75 bits per heavy atom. The van der Waals surface area contributed by atoms with Crippen LogP contribution in [0.3, 0.4) is 0 Å². The second kappa shape index (κ2) is 4.37. The highest BCUT2D eigenvalue weighted by Gasteiger charge is 1.81. The molecule has 0 saturated carbocycles. The first kappa shape index (κ1) is 7.21. The molecule has 0 aromatic carbocycles. The number of hydrazone groups is 1. The summed E-state index contributed by atoms with van der Waals surface area (Å²) >= 11 is 0. The molecule has 0 aliphatic rings. The van der Waals surface area contributed by atoms with Gasteiger partial charge in [0.25, 0.3) is 0 Å². The van der Waals surface area contributed by atoms with Crippen LogP contribution in [0.25, 0.3) is 0 Å². The van der Waals surface area contributed by atoms with E-state index < -0.39 is 0 Å². The SMILES string of the molecule is C=C/C=N\NC(C)C.[HH]. The molecule has 0 saturated heterocycles. The summed E-state index contributed by atoms with van der Waals surface area (Å²) in [5, 5.41) is 3.80. The van der Waals surface area contributed by atoms with E-state index >= 15 is 0 Å². The van der Waals surface area contributed by atoms with Crippen molar-refractivity contribution in [3.8, 4) is 0 Å². The van der Waals surface area contributed by atoms with Crippen molar-refractivity contribution in [2.24, 2.45) is 5.10 Å². The van der Waals surface area contributed by atoms with Crippen molar-refractivity contribution in [1.29, 1.82) is 0 Å². The summed E-state index contributed by atoms with van der Waals surface area (Å²) in [5.74, 6) is 0. The van der Waals surface area contributed by atoms with E-state index in [0.717, 1.165) is 0 Å². The van der Waals surface area contributed by atoms with E-state index in [9.17, 15) is 0 Å². The van der Waals surface area contributed by atoms with E-state index in [-0.39, 0.29) is 1.43 Å². The molecule has 0 aliphatic heterocycles. The van der Waals surface area contributed by atoms with Crippen molar-refractivity contribution in [3.05, 3.63) is 12.7 Å². The van der Waals surface area contributed by atoms with Crippen LogP contribution in [0.2, 0.25) is 0 Å². The van der Waals surface area contributed by atoms with Gasteiger partial charge in [0.2, 0.25) is 0 Å². The molecular formula is C6H14N2. The molecule has 0 heterocycles. The van der Waals surface area contributed by atoms with Gasteiger partial charge in [-0.3, -0.25) is 0 Å². The van der Waals surface area contributed by atoms with Gasteiger partial charge in [0.05, 0.1) is 0 Å². The van der Waals surface area contributed by atoms with Crippen LogP contribution < -0.4 is 5.43 Å². The Balaban J connectivity index is 0. The van der Waals surface area contributed by atoms with Crippen molar-refractivity contribution < 1.29 is 1.43 Å². The number of allylic oxidation sites excluding steroid dienone is 1. The Labute approximate surface area is 51.8 Å². The monoisotopic (exact) mass is 114 g/mol. The van der Waals surface area contributed by atoms with E-state index in [1.165, 1.54) is 0 Å². The first-order chi connectivity index (χ1) is 3.77. The Morgan fingerprint density at radius 2 is 2.38 bits per heavy atom. The maximum absolute atomic E-state index is 3.80.